The van der Waals surface area contributed by atoms with Gasteiger partial charge in [0.1, 0.15) is 0 Å². The number of rotatable bonds is 8. The van der Waals surface area contributed by atoms with E-state index in [0.29, 0.717) is 12.3 Å². The fourth-order valence-corrected chi connectivity index (χ4v) is 3.95. The van der Waals surface area contributed by atoms with Gasteiger partial charge in [0.25, 0.3) is 0 Å². The molecule has 0 heterocycles. The highest BCUT2D eigenvalue weighted by Gasteiger charge is 2.30. The molecule has 1 aliphatic rings. The topological polar surface area (TPSA) is 101 Å². The monoisotopic (exact) mass is 321 g/mol. The second kappa shape index (κ2) is 8.46. The molecule has 21 heavy (non-hydrogen) atoms. The molecule has 0 aromatic rings. The van der Waals surface area contributed by atoms with Crippen LogP contribution in [0.2, 0.25) is 0 Å². The van der Waals surface area contributed by atoms with Gasteiger partial charge in [0.15, 0.2) is 9.84 Å². The molecule has 0 aliphatic heterocycles. The van der Waals surface area contributed by atoms with Gasteiger partial charge in [-0.25, -0.2) is 8.42 Å². The van der Waals surface area contributed by atoms with Gasteiger partial charge in [-0.3, -0.25) is 0 Å². The molecule has 6 heteroatoms. The van der Waals surface area contributed by atoms with Crippen LogP contribution in [0, 0.1) is 5.92 Å². The van der Waals surface area contributed by atoms with Crippen LogP contribution in [0.25, 0.3) is 0 Å². The molecule has 5 nitrogen and oxygen atoms in total. The van der Waals surface area contributed by atoms with E-state index in [4.69, 9.17) is 5.73 Å². The standard InChI is InChI=1S/C15H31NO4S/c1-11(2)21(19,20)10-14(17)15(18)13(16)9-8-12-6-4-3-5-7-12/h11-15,17-18H,3-10,16H2,1-2H3/t13-,14-,15+/m0/s1. The zero-order valence-corrected chi connectivity index (χ0v) is 14.1. The Morgan fingerprint density at radius 2 is 1.71 bits per heavy atom. The average molecular weight is 321 g/mol. The molecule has 1 aliphatic carbocycles. The normalized spacial score (nSPS) is 22.2. The number of hydrogen-bond donors (Lipinski definition) is 3. The van der Waals surface area contributed by atoms with Gasteiger partial charge >= 0.3 is 0 Å². The zero-order valence-electron chi connectivity index (χ0n) is 13.2. The van der Waals surface area contributed by atoms with Crippen molar-refractivity contribution in [1.82, 2.24) is 0 Å². The van der Waals surface area contributed by atoms with Crippen LogP contribution in [0.5, 0.6) is 0 Å². The Hall–Kier alpha value is -0.170. The minimum Gasteiger partial charge on any atom is -0.389 e. The maximum atomic E-state index is 11.8. The molecule has 126 valence electrons. The van der Waals surface area contributed by atoms with E-state index in [0.717, 1.165) is 6.42 Å². The highest BCUT2D eigenvalue weighted by Crippen LogP contribution is 2.28. The molecule has 0 aromatic heterocycles. The van der Waals surface area contributed by atoms with Crippen molar-refractivity contribution in [3.8, 4) is 0 Å². The molecule has 1 rings (SSSR count). The summed E-state index contributed by atoms with van der Waals surface area (Å²) < 4.78 is 23.5. The molecule has 0 unspecified atom stereocenters. The summed E-state index contributed by atoms with van der Waals surface area (Å²) in [5.74, 6) is 0.233. The average Bonchev–Trinajstić information content (AvgIpc) is 2.44. The molecular weight excluding hydrogens is 290 g/mol. The van der Waals surface area contributed by atoms with Crippen LogP contribution in [0.4, 0.5) is 0 Å². The third kappa shape index (κ3) is 6.22. The first-order valence-electron chi connectivity index (χ1n) is 8.07. The van der Waals surface area contributed by atoms with Gasteiger partial charge in [0.05, 0.1) is 23.2 Å². The van der Waals surface area contributed by atoms with Crippen molar-refractivity contribution in [3.63, 3.8) is 0 Å². The summed E-state index contributed by atoms with van der Waals surface area (Å²) in [6.45, 7) is 3.13. The van der Waals surface area contributed by atoms with Gasteiger partial charge in [-0.2, -0.15) is 0 Å². The molecule has 0 bridgehead atoms. The van der Waals surface area contributed by atoms with E-state index in [-0.39, 0.29) is 0 Å². The smallest absolute Gasteiger partial charge is 0.155 e. The second-order valence-electron chi connectivity index (χ2n) is 6.68. The van der Waals surface area contributed by atoms with Crippen molar-refractivity contribution >= 4 is 9.84 Å². The number of aliphatic hydroxyl groups is 2. The molecule has 1 saturated carbocycles. The van der Waals surface area contributed by atoms with Gasteiger partial charge in [0, 0.05) is 6.04 Å². The molecule has 0 radical (unpaired) electrons. The van der Waals surface area contributed by atoms with E-state index < -0.39 is 39.1 Å². The predicted molar refractivity (Wildman–Crippen MR) is 84.7 cm³/mol. The van der Waals surface area contributed by atoms with E-state index in [1.807, 2.05) is 0 Å². The summed E-state index contributed by atoms with van der Waals surface area (Å²) >= 11 is 0. The van der Waals surface area contributed by atoms with Gasteiger partial charge < -0.3 is 15.9 Å². The Morgan fingerprint density at radius 1 is 1.14 bits per heavy atom. The number of nitrogens with two attached hydrogens (primary N) is 1. The summed E-state index contributed by atoms with van der Waals surface area (Å²) in [5, 5.41) is 19.4. The Labute approximate surface area is 128 Å². The summed E-state index contributed by atoms with van der Waals surface area (Å²) in [6, 6.07) is -0.565. The maximum absolute atomic E-state index is 11.8. The van der Waals surface area contributed by atoms with E-state index in [9.17, 15) is 18.6 Å². The van der Waals surface area contributed by atoms with E-state index in [1.165, 1.54) is 32.1 Å². The zero-order chi connectivity index (χ0) is 16.0. The Morgan fingerprint density at radius 3 is 2.24 bits per heavy atom. The molecule has 0 spiro atoms. The minimum absolute atomic E-state index is 0.428. The van der Waals surface area contributed by atoms with E-state index in [1.54, 1.807) is 13.8 Å². The van der Waals surface area contributed by atoms with Gasteiger partial charge in [-0.05, 0) is 32.6 Å². The van der Waals surface area contributed by atoms with Gasteiger partial charge in [-0.1, -0.05) is 32.1 Å². The van der Waals surface area contributed by atoms with Crippen LogP contribution in [0.3, 0.4) is 0 Å². The van der Waals surface area contributed by atoms with Crippen molar-refractivity contribution in [2.24, 2.45) is 11.7 Å². The third-order valence-corrected chi connectivity index (χ3v) is 6.83. The number of sulfone groups is 1. The first kappa shape index (κ1) is 18.9. The molecule has 1 fully saturated rings. The number of aliphatic hydroxyl groups excluding tert-OH is 2. The number of hydrogen-bond acceptors (Lipinski definition) is 5. The molecule has 0 aromatic carbocycles. The second-order valence-corrected chi connectivity index (χ2v) is 9.28. The highest BCUT2D eigenvalue weighted by molar-refractivity contribution is 7.92. The molecule has 0 amide bonds. The van der Waals surface area contributed by atoms with Crippen LogP contribution < -0.4 is 5.73 Å². The van der Waals surface area contributed by atoms with Crippen LogP contribution in [0.15, 0.2) is 0 Å². The Bertz CT molecular complexity index is 390. The summed E-state index contributed by atoms with van der Waals surface area (Å²) in [7, 11) is -3.38. The minimum atomic E-state index is -3.38. The van der Waals surface area contributed by atoms with Gasteiger partial charge in [-0.15, -0.1) is 0 Å². The van der Waals surface area contributed by atoms with Crippen LogP contribution in [-0.2, 0) is 9.84 Å². The van der Waals surface area contributed by atoms with Crippen molar-refractivity contribution in [3.05, 3.63) is 0 Å². The highest BCUT2D eigenvalue weighted by atomic mass is 32.2. The fourth-order valence-electron chi connectivity index (χ4n) is 2.89. The fraction of sp³-hybridized carbons (Fsp3) is 1.00. The van der Waals surface area contributed by atoms with Crippen molar-refractivity contribution in [2.75, 3.05) is 5.75 Å². The molecule has 0 saturated heterocycles. The van der Waals surface area contributed by atoms with Crippen molar-refractivity contribution < 1.29 is 18.6 Å². The summed E-state index contributed by atoms with van der Waals surface area (Å²) in [6.07, 6.45) is 5.35. The summed E-state index contributed by atoms with van der Waals surface area (Å²) in [4.78, 5) is 0. The predicted octanol–water partition coefficient (Wildman–Crippen LogP) is 1.22. The van der Waals surface area contributed by atoms with Gasteiger partial charge in [0.2, 0.25) is 0 Å². The summed E-state index contributed by atoms with van der Waals surface area (Å²) in [5.41, 5.74) is 5.93. The first-order valence-corrected chi connectivity index (χ1v) is 9.79. The molecule has 4 N–H and O–H groups in total. The van der Waals surface area contributed by atoms with Crippen LogP contribution >= 0.6 is 0 Å². The quantitative estimate of drug-likeness (QED) is 0.624. The molecular formula is C15H31NO4S. The van der Waals surface area contributed by atoms with Crippen LogP contribution in [-0.4, -0.2) is 47.9 Å². The van der Waals surface area contributed by atoms with E-state index in [2.05, 4.69) is 0 Å². The SMILES string of the molecule is CC(C)S(=O)(=O)C[C@H](O)[C@H](O)[C@@H](N)CCC1CCCCC1. The molecule has 3 atom stereocenters. The Balaban J connectivity index is 2.40. The lowest BCUT2D eigenvalue weighted by molar-refractivity contribution is 0.0137. The lowest BCUT2D eigenvalue weighted by Gasteiger charge is -2.27. The lowest BCUT2D eigenvalue weighted by atomic mass is 9.84. The van der Waals surface area contributed by atoms with Crippen LogP contribution in [0.1, 0.15) is 58.8 Å². The lowest BCUT2D eigenvalue weighted by Crippen LogP contribution is -2.46. The van der Waals surface area contributed by atoms with E-state index >= 15 is 0 Å². The third-order valence-electron chi connectivity index (χ3n) is 4.59. The van der Waals surface area contributed by atoms with Crippen molar-refractivity contribution in [2.45, 2.75) is 82.3 Å². The Kier molecular flexibility index (Phi) is 7.60. The maximum Gasteiger partial charge on any atom is 0.155 e. The largest absolute Gasteiger partial charge is 0.389 e. The first-order chi connectivity index (χ1) is 9.74. The van der Waals surface area contributed by atoms with Crippen molar-refractivity contribution in [1.29, 1.82) is 0 Å².